The number of hydrogen-bond acceptors (Lipinski definition) is 7. The van der Waals surface area contributed by atoms with Crippen LogP contribution in [-0.4, -0.2) is 40.7 Å². The number of aromatic carboxylic acids is 1. The normalized spacial score (nSPS) is 14.2. The number of nitrogens with zero attached hydrogens (tertiary/aromatic N) is 2. The number of Topliss-reactive ketones (excluding diaryl/α,β-unsaturated/α-hetero) is 2. The summed E-state index contributed by atoms with van der Waals surface area (Å²) in [5, 5.41) is 11.9. The summed E-state index contributed by atoms with van der Waals surface area (Å²) < 4.78 is 6.24. The molecule has 1 aliphatic carbocycles. The van der Waals surface area contributed by atoms with Gasteiger partial charge in [-0.15, -0.1) is 11.3 Å². The first-order valence-corrected chi connectivity index (χ1v) is 13.2. The number of aryl methyl sites for hydroxylation is 3. The standard InChI is InChI=1S/C28H29ClN2O5S/c1-15(2)11-31(14-28(24(32)25(28)33)27-30-18(5)13-37-27)22-8-16(3)17(4)9-23(22)36-12-20-7-6-19(26(34)35)10-21(20)29/h6-10,13,15H,11-12,14H2,1-5H3,(H,34,35). The Balaban J connectivity index is 1.70. The monoisotopic (exact) mass is 540 g/mol. The lowest BCUT2D eigenvalue weighted by atomic mass is 10.0. The highest BCUT2D eigenvalue weighted by Crippen LogP contribution is 2.45. The lowest BCUT2D eigenvalue weighted by molar-refractivity contribution is -0.122. The molecule has 3 aromatic rings. The van der Waals surface area contributed by atoms with Gasteiger partial charge >= 0.3 is 5.97 Å². The van der Waals surface area contributed by atoms with E-state index in [1.807, 2.05) is 43.2 Å². The van der Waals surface area contributed by atoms with Crippen LogP contribution in [0.3, 0.4) is 0 Å². The van der Waals surface area contributed by atoms with Crippen LogP contribution in [0.25, 0.3) is 0 Å². The van der Waals surface area contributed by atoms with Crippen LogP contribution in [0.15, 0.2) is 35.7 Å². The smallest absolute Gasteiger partial charge is 0.335 e. The fraction of sp³-hybridized carbons (Fsp3) is 0.357. The molecule has 2 aromatic carbocycles. The van der Waals surface area contributed by atoms with Gasteiger partial charge in [-0.2, -0.15) is 0 Å². The molecule has 1 aromatic heterocycles. The number of carboxylic acid groups (broad SMARTS) is 1. The quantitative estimate of drug-likeness (QED) is 0.266. The molecule has 7 nitrogen and oxygen atoms in total. The van der Waals surface area contributed by atoms with Crippen LogP contribution in [0.4, 0.5) is 5.69 Å². The van der Waals surface area contributed by atoms with E-state index in [-0.39, 0.29) is 24.6 Å². The van der Waals surface area contributed by atoms with Crippen molar-refractivity contribution in [2.24, 2.45) is 5.92 Å². The molecule has 37 heavy (non-hydrogen) atoms. The SMILES string of the molecule is Cc1csc(C2(CN(CC(C)C)c3cc(C)c(C)cc3OCc3ccc(C(=O)O)cc3Cl)C(=O)C2=O)n1. The summed E-state index contributed by atoms with van der Waals surface area (Å²) in [4.78, 5) is 43.2. The Kier molecular flexibility index (Phi) is 7.44. The molecule has 0 atom stereocenters. The van der Waals surface area contributed by atoms with Gasteiger partial charge in [-0.05, 0) is 62.1 Å². The van der Waals surface area contributed by atoms with Crippen LogP contribution in [0, 0.1) is 26.7 Å². The number of halogens is 1. The van der Waals surface area contributed by atoms with E-state index in [2.05, 4.69) is 18.8 Å². The molecule has 0 radical (unpaired) electrons. The molecule has 0 aliphatic heterocycles. The molecule has 0 saturated heterocycles. The maximum atomic E-state index is 12.7. The number of aromatic nitrogens is 1. The van der Waals surface area contributed by atoms with Crippen molar-refractivity contribution in [3.8, 4) is 5.75 Å². The maximum Gasteiger partial charge on any atom is 0.335 e. The highest BCUT2D eigenvalue weighted by Gasteiger charge is 2.69. The minimum absolute atomic E-state index is 0.102. The molecule has 0 amide bonds. The van der Waals surface area contributed by atoms with Crippen molar-refractivity contribution in [1.29, 1.82) is 0 Å². The number of carboxylic acids is 1. The average molecular weight is 541 g/mol. The number of ketones is 2. The van der Waals surface area contributed by atoms with E-state index in [9.17, 15) is 19.5 Å². The van der Waals surface area contributed by atoms with Gasteiger partial charge in [-0.3, -0.25) is 9.59 Å². The molecule has 1 aliphatic rings. The molecule has 1 N–H and O–H groups in total. The Morgan fingerprint density at radius 2 is 1.81 bits per heavy atom. The third-order valence-electron chi connectivity index (χ3n) is 6.52. The second-order valence-electron chi connectivity index (χ2n) is 9.94. The first kappa shape index (κ1) is 26.8. The molecule has 9 heteroatoms. The minimum Gasteiger partial charge on any atom is -0.487 e. The number of thiazole rings is 1. The van der Waals surface area contributed by atoms with Crippen molar-refractivity contribution in [2.75, 3.05) is 18.0 Å². The first-order chi connectivity index (χ1) is 17.4. The van der Waals surface area contributed by atoms with E-state index >= 15 is 0 Å². The molecule has 0 unspecified atom stereocenters. The third-order valence-corrected chi connectivity index (χ3v) is 7.99. The van der Waals surface area contributed by atoms with Gasteiger partial charge in [0.05, 0.1) is 11.3 Å². The third kappa shape index (κ3) is 5.26. The highest BCUT2D eigenvalue weighted by atomic mass is 35.5. The zero-order valence-corrected chi connectivity index (χ0v) is 23.0. The van der Waals surface area contributed by atoms with Crippen LogP contribution in [0.2, 0.25) is 5.02 Å². The molecule has 194 valence electrons. The Labute approximate surface area is 225 Å². The lowest BCUT2D eigenvalue weighted by Gasteiger charge is -2.31. The number of anilines is 1. The van der Waals surface area contributed by atoms with E-state index in [0.717, 1.165) is 22.5 Å². The highest BCUT2D eigenvalue weighted by molar-refractivity contribution is 7.11. The molecule has 0 bridgehead atoms. The molecule has 4 rings (SSSR count). The Bertz CT molecular complexity index is 1380. The number of ether oxygens (including phenoxy) is 1. The Hall–Kier alpha value is -3.23. The molecular weight excluding hydrogens is 512 g/mol. The minimum atomic E-state index is -1.25. The summed E-state index contributed by atoms with van der Waals surface area (Å²) in [6, 6.07) is 8.48. The zero-order chi connectivity index (χ0) is 27.1. The van der Waals surface area contributed by atoms with Crippen LogP contribution in [-0.2, 0) is 21.6 Å². The number of benzene rings is 2. The van der Waals surface area contributed by atoms with Crippen molar-refractivity contribution < 1.29 is 24.2 Å². The molecule has 1 fully saturated rings. The van der Waals surface area contributed by atoms with Crippen molar-refractivity contribution in [3.63, 3.8) is 0 Å². The maximum absolute atomic E-state index is 12.7. The van der Waals surface area contributed by atoms with Gasteiger partial charge in [0, 0.05) is 34.7 Å². The van der Waals surface area contributed by atoms with Crippen LogP contribution >= 0.6 is 22.9 Å². The Morgan fingerprint density at radius 3 is 2.35 bits per heavy atom. The fourth-order valence-corrected chi connectivity index (χ4v) is 5.51. The zero-order valence-electron chi connectivity index (χ0n) is 21.4. The lowest BCUT2D eigenvalue weighted by Crippen LogP contribution is -2.37. The van der Waals surface area contributed by atoms with Gasteiger partial charge in [0.15, 0.2) is 5.41 Å². The summed E-state index contributed by atoms with van der Waals surface area (Å²) in [5.41, 5.74) is 3.13. The van der Waals surface area contributed by atoms with Crippen LogP contribution in [0.1, 0.15) is 51.6 Å². The molecule has 0 spiro atoms. The van der Waals surface area contributed by atoms with E-state index in [1.165, 1.54) is 23.5 Å². The van der Waals surface area contributed by atoms with Crippen molar-refractivity contribution >= 4 is 46.2 Å². The van der Waals surface area contributed by atoms with E-state index in [4.69, 9.17) is 16.3 Å². The van der Waals surface area contributed by atoms with Gasteiger partial charge in [-0.25, -0.2) is 9.78 Å². The number of carbonyl (C=O) groups excluding carboxylic acids is 2. The summed E-state index contributed by atoms with van der Waals surface area (Å²) in [5.74, 6) is -1.04. The topological polar surface area (TPSA) is 96.8 Å². The first-order valence-electron chi connectivity index (χ1n) is 12.0. The van der Waals surface area contributed by atoms with Gasteiger partial charge in [0.1, 0.15) is 17.4 Å². The Morgan fingerprint density at radius 1 is 1.14 bits per heavy atom. The van der Waals surface area contributed by atoms with Gasteiger partial charge < -0.3 is 14.7 Å². The second kappa shape index (κ2) is 10.3. The summed E-state index contributed by atoms with van der Waals surface area (Å²) in [6.45, 7) is 10.9. The molecular formula is C28H29ClN2O5S. The van der Waals surface area contributed by atoms with E-state index in [0.29, 0.717) is 27.9 Å². The van der Waals surface area contributed by atoms with Crippen LogP contribution in [0.5, 0.6) is 5.75 Å². The van der Waals surface area contributed by atoms with Gasteiger partial charge in [-0.1, -0.05) is 31.5 Å². The average Bonchev–Trinajstić information content (AvgIpc) is 3.13. The molecule has 1 saturated carbocycles. The van der Waals surface area contributed by atoms with Crippen molar-refractivity contribution in [2.45, 2.75) is 46.6 Å². The van der Waals surface area contributed by atoms with Crippen LogP contribution < -0.4 is 9.64 Å². The summed E-state index contributed by atoms with van der Waals surface area (Å²) in [6.07, 6.45) is 0. The van der Waals surface area contributed by atoms with E-state index in [1.54, 1.807) is 6.07 Å². The molecule has 1 heterocycles. The summed E-state index contributed by atoms with van der Waals surface area (Å²) in [7, 11) is 0. The predicted octanol–water partition coefficient (Wildman–Crippen LogP) is 5.55. The number of rotatable bonds is 10. The van der Waals surface area contributed by atoms with E-state index < -0.39 is 23.0 Å². The van der Waals surface area contributed by atoms with Crippen molar-refractivity contribution in [1.82, 2.24) is 4.98 Å². The second-order valence-corrected chi connectivity index (χ2v) is 11.2. The van der Waals surface area contributed by atoms with Crippen molar-refractivity contribution in [3.05, 3.63) is 73.7 Å². The number of carbonyl (C=O) groups is 3. The fourth-order valence-electron chi connectivity index (χ4n) is 4.29. The van der Waals surface area contributed by atoms with Gasteiger partial charge in [0.25, 0.3) is 0 Å². The largest absolute Gasteiger partial charge is 0.487 e. The number of hydrogen-bond donors (Lipinski definition) is 1. The summed E-state index contributed by atoms with van der Waals surface area (Å²) >= 11 is 7.67. The predicted molar refractivity (Wildman–Crippen MR) is 144 cm³/mol. The van der Waals surface area contributed by atoms with Gasteiger partial charge in [0.2, 0.25) is 11.6 Å².